The average molecular weight is 507 g/mol. The first-order chi connectivity index (χ1) is 16.8. The second-order valence-corrected chi connectivity index (χ2v) is 9.81. The highest BCUT2D eigenvalue weighted by molar-refractivity contribution is 5.93. The van der Waals surface area contributed by atoms with Gasteiger partial charge in [-0.3, -0.25) is 14.4 Å². The molecular weight excluding hydrogens is 464 g/mol. The van der Waals surface area contributed by atoms with Gasteiger partial charge in [0.2, 0.25) is 17.7 Å². The van der Waals surface area contributed by atoms with Crippen molar-refractivity contribution in [1.29, 1.82) is 0 Å². The molecule has 0 bridgehead atoms. The van der Waals surface area contributed by atoms with Crippen molar-refractivity contribution in [3.05, 3.63) is 29.8 Å². The molecule has 0 aromatic heterocycles. The standard InChI is InChI=1S/C26H42N4O6/c1-7-9-16-28-23(33)22(18-12-10-11-13-20(18)31)30(17(3)8-2)24(34)19(14-15-21(27)32)29-25(35)36-26(4,5)6/h10-13,17,19,22,31H,7-9,14-16H2,1-6H3,(H2,27,32)(H,28,33)(H,29,35). The molecule has 202 valence electrons. The van der Waals surface area contributed by atoms with Gasteiger partial charge < -0.3 is 31.1 Å². The van der Waals surface area contributed by atoms with E-state index in [0.717, 1.165) is 12.8 Å². The number of carbonyl (C=O) groups is 4. The van der Waals surface area contributed by atoms with Crippen LogP contribution in [0.15, 0.2) is 24.3 Å². The summed E-state index contributed by atoms with van der Waals surface area (Å²) in [4.78, 5) is 52.8. The molecule has 0 saturated heterocycles. The zero-order chi connectivity index (χ0) is 27.5. The van der Waals surface area contributed by atoms with Gasteiger partial charge in [-0.15, -0.1) is 0 Å². The van der Waals surface area contributed by atoms with Crippen LogP contribution in [-0.4, -0.2) is 58.1 Å². The number of para-hydroxylation sites is 1. The predicted molar refractivity (Wildman–Crippen MR) is 137 cm³/mol. The number of rotatable bonds is 13. The number of nitrogens with two attached hydrogens (primary N) is 1. The largest absolute Gasteiger partial charge is 0.508 e. The molecule has 1 rings (SSSR count). The zero-order valence-corrected chi connectivity index (χ0v) is 22.3. The summed E-state index contributed by atoms with van der Waals surface area (Å²) in [7, 11) is 0. The Balaban J connectivity index is 3.51. The van der Waals surface area contributed by atoms with E-state index in [0.29, 0.717) is 13.0 Å². The van der Waals surface area contributed by atoms with E-state index in [4.69, 9.17) is 10.5 Å². The Morgan fingerprint density at radius 2 is 1.78 bits per heavy atom. The van der Waals surface area contributed by atoms with Crippen LogP contribution in [0.5, 0.6) is 5.75 Å². The van der Waals surface area contributed by atoms with E-state index < -0.39 is 47.5 Å². The second kappa shape index (κ2) is 14.3. The molecular formula is C26H42N4O6. The van der Waals surface area contributed by atoms with Gasteiger partial charge in [0, 0.05) is 24.6 Å². The average Bonchev–Trinajstić information content (AvgIpc) is 2.78. The van der Waals surface area contributed by atoms with Gasteiger partial charge in [-0.2, -0.15) is 0 Å². The molecule has 10 heteroatoms. The van der Waals surface area contributed by atoms with Crippen LogP contribution < -0.4 is 16.4 Å². The second-order valence-electron chi connectivity index (χ2n) is 9.81. The number of aromatic hydroxyl groups is 1. The molecule has 0 heterocycles. The van der Waals surface area contributed by atoms with E-state index in [1.165, 1.54) is 11.0 Å². The van der Waals surface area contributed by atoms with E-state index >= 15 is 0 Å². The Morgan fingerprint density at radius 1 is 1.14 bits per heavy atom. The van der Waals surface area contributed by atoms with Gasteiger partial charge in [0.15, 0.2) is 0 Å². The summed E-state index contributed by atoms with van der Waals surface area (Å²) in [6.45, 7) is 11.1. The Labute approximate surface area is 213 Å². The molecule has 4 amide bonds. The molecule has 0 saturated carbocycles. The van der Waals surface area contributed by atoms with Crippen LogP contribution in [-0.2, 0) is 19.1 Å². The first-order valence-corrected chi connectivity index (χ1v) is 12.5. The van der Waals surface area contributed by atoms with E-state index in [1.54, 1.807) is 45.9 Å². The molecule has 1 aromatic carbocycles. The number of hydrogen-bond donors (Lipinski definition) is 4. The molecule has 5 N–H and O–H groups in total. The predicted octanol–water partition coefficient (Wildman–Crippen LogP) is 3.14. The smallest absolute Gasteiger partial charge is 0.408 e. The molecule has 3 unspecified atom stereocenters. The lowest BCUT2D eigenvalue weighted by atomic mass is 9.98. The fourth-order valence-electron chi connectivity index (χ4n) is 3.59. The van der Waals surface area contributed by atoms with Crippen LogP contribution in [0.1, 0.15) is 85.3 Å². The topological polar surface area (TPSA) is 151 Å². The van der Waals surface area contributed by atoms with Crippen LogP contribution in [0, 0.1) is 0 Å². The third kappa shape index (κ3) is 9.75. The molecule has 10 nitrogen and oxygen atoms in total. The number of carbonyl (C=O) groups excluding carboxylic acids is 4. The van der Waals surface area contributed by atoms with Crippen LogP contribution in [0.3, 0.4) is 0 Å². The third-order valence-electron chi connectivity index (χ3n) is 5.58. The minimum Gasteiger partial charge on any atom is -0.508 e. The van der Waals surface area contributed by atoms with Crippen molar-refractivity contribution in [2.24, 2.45) is 5.73 Å². The maximum atomic E-state index is 14.0. The Hall–Kier alpha value is -3.30. The Morgan fingerprint density at radius 3 is 2.31 bits per heavy atom. The van der Waals surface area contributed by atoms with Gasteiger partial charge in [-0.05, 0) is 53.0 Å². The zero-order valence-electron chi connectivity index (χ0n) is 22.3. The van der Waals surface area contributed by atoms with Crippen molar-refractivity contribution < 1.29 is 29.0 Å². The van der Waals surface area contributed by atoms with Crippen LogP contribution >= 0.6 is 0 Å². The number of alkyl carbamates (subject to hydrolysis) is 1. The molecule has 0 aliphatic carbocycles. The summed E-state index contributed by atoms with van der Waals surface area (Å²) in [5, 5.41) is 16.0. The summed E-state index contributed by atoms with van der Waals surface area (Å²) < 4.78 is 5.31. The van der Waals surface area contributed by atoms with Crippen molar-refractivity contribution in [3.8, 4) is 5.75 Å². The SMILES string of the molecule is CCCCNC(=O)C(c1ccccc1O)N(C(=O)C(CCC(N)=O)NC(=O)OC(C)(C)C)C(C)CC. The number of benzene rings is 1. The van der Waals surface area contributed by atoms with Gasteiger partial charge in [-0.1, -0.05) is 38.5 Å². The fraction of sp³-hybridized carbons (Fsp3) is 0.615. The first kappa shape index (κ1) is 30.7. The Bertz CT molecular complexity index is 899. The highest BCUT2D eigenvalue weighted by Gasteiger charge is 2.39. The van der Waals surface area contributed by atoms with Crippen LogP contribution in [0.4, 0.5) is 4.79 Å². The number of unbranched alkanes of at least 4 members (excludes halogenated alkanes) is 1. The van der Waals surface area contributed by atoms with Gasteiger partial charge in [0.1, 0.15) is 23.4 Å². The fourth-order valence-corrected chi connectivity index (χ4v) is 3.59. The van der Waals surface area contributed by atoms with E-state index in [9.17, 15) is 24.3 Å². The van der Waals surface area contributed by atoms with Crippen molar-refractivity contribution in [1.82, 2.24) is 15.5 Å². The summed E-state index contributed by atoms with van der Waals surface area (Å²) in [6.07, 6.45) is 1.03. The highest BCUT2D eigenvalue weighted by atomic mass is 16.6. The Kier molecular flexibility index (Phi) is 12.2. The minimum absolute atomic E-state index is 0.0781. The molecule has 36 heavy (non-hydrogen) atoms. The van der Waals surface area contributed by atoms with Crippen LogP contribution in [0.25, 0.3) is 0 Å². The lowest BCUT2D eigenvalue weighted by Gasteiger charge is -2.38. The monoisotopic (exact) mass is 506 g/mol. The summed E-state index contributed by atoms with van der Waals surface area (Å²) in [5.74, 6) is -1.81. The van der Waals surface area contributed by atoms with Crippen molar-refractivity contribution in [3.63, 3.8) is 0 Å². The van der Waals surface area contributed by atoms with Crippen molar-refractivity contribution in [2.75, 3.05) is 6.54 Å². The normalized spacial score (nSPS) is 13.7. The number of phenolic OH excluding ortho intramolecular Hbond substituents is 1. The molecule has 0 aliphatic heterocycles. The van der Waals surface area contributed by atoms with Gasteiger partial charge in [0.05, 0.1) is 0 Å². The minimum atomic E-state index is -1.18. The van der Waals surface area contributed by atoms with Crippen LogP contribution in [0.2, 0.25) is 0 Å². The number of phenols is 1. The lowest BCUT2D eigenvalue weighted by Crippen LogP contribution is -2.55. The number of amides is 4. The molecule has 0 spiro atoms. The van der Waals surface area contributed by atoms with Crippen molar-refractivity contribution >= 4 is 23.8 Å². The third-order valence-corrected chi connectivity index (χ3v) is 5.58. The number of ether oxygens (including phenoxy) is 1. The molecule has 0 aliphatic rings. The van der Waals surface area contributed by atoms with Gasteiger partial charge in [0.25, 0.3) is 0 Å². The van der Waals surface area contributed by atoms with Crippen molar-refractivity contribution in [2.45, 2.75) is 97.4 Å². The summed E-state index contributed by atoms with van der Waals surface area (Å²) in [6, 6.07) is 3.53. The maximum Gasteiger partial charge on any atom is 0.408 e. The quantitative estimate of drug-likeness (QED) is 0.302. The van der Waals surface area contributed by atoms with Gasteiger partial charge >= 0.3 is 6.09 Å². The summed E-state index contributed by atoms with van der Waals surface area (Å²) in [5.41, 5.74) is 4.76. The number of primary amides is 1. The molecule has 0 fully saturated rings. The maximum absolute atomic E-state index is 14.0. The first-order valence-electron chi connectivity index (χ1n) is 12.5. The lowest BCUT2D eigenvalue weighted by molar-refractivity contribution is -0.145. The number of nitrogens with one attached hydrogen (secondary N) is 2. The molecule has 0 radical (unpaired) electrons. The van der Waals surface area contributed by atoms with E-state index in [-0.39, 0.29) is 24.2 Å². The van der Waals surface area contributed by atoms with E-state index in [2.05, 4.69) is 10.6 Å². The number of hydrogen-bond acceptors (Lipinski definition) is 6. The molecule has 3 atom stereocenters. The summed E-state index contributed by atoms with van der Waals surface area (Å²) >= 11 is 0. The van der Waals surface area contributed by atoms with Gasteiger partial charge in [-0.25, -0.2) is 4.79 Å². The highest BCUT2D eigenvalue weighted by Crippen LogP contribution is 2.32. The number of nitrogens with zero attached hydrogens (tertiary/aromatic N) is 1. The molecule has 1 aromatic rings. The van der Waals surface area contributed by atoms with E-state index in [1.807, 2.05) is 13.8 Å².